The van der Waals surface area contributed by atoms with Gasteiger partial charge in [-0.2, -0.15) is 16.9 Å². The number of nitrogens with two attached hydrogens (primary N) is 1. The number of thiol groups is 1. The Hall–Kier alpha value is -3.00. The molecule has 2 amide bonds. The molecule has 3 aliphatic heterocycles. The number of benzene rings is 1. The Kier molecular flexibility index (Phi) is 15.2. The summed E-state index contributed by atoms with van der Waals surface area (Å²) in [7, 11) is -16.7. The molecule has 0 spiro atoms. The first-order valence-corrected chi connectivity index (χ1v) is 21.7. The third-order valence-corrected chi connectivity index (χ3v) is 11.8. The number of phenolic OH excluding ortho intramolecular Hbond substituents is 1. The van der Waals surface area contributed by atoms with Gasteiger partial charge in [0.2, 0.25) is 23.3 Å². The number of carbonyl (C=O) groups is 3. The molecule has 1 saturated heterocycles. The predicted octanol–water partition coefficient (Wildman–Crippen LogP) is -1.86. The number of carbonyl (C=O) groups excluding carboxylic acids is 3. The highest BCUT2D eigenvalue weighted by Crippen LogP contribution is 2.61. The van der Waals surface area contributed by atoms with Crippen molar-refractivity contribution >= 4 is 71.6 Å². The van der Waals surface area contributed by atoms with Gasteiger partial charge in [0.05, 0.1) is 25.4 Å². The SMILES string of the molecule is CC(C)(COP(=O)(O)OP(=O)(O)OC[C@H]1O[C@@H](N2CN=C3C(N)=NC=NC32C(=O)c2ccccc2O)[C@H](O)[C@@H]1OP(=O)(O)O)C(O)C(=O)NCCC(=O)NCCS. The number of ketones is 1. The Morgan fingerprint density at radius 2 is 1.77 bits per heavy atom. The number of aliphatic hydroxyl groups is 2. The first kappa shape index (κ1) is 46.7. The van der Waals surface area contributed by atoms with Gasteiger partial charge in [0.15, 0.2) is 5.84 Å². The molecule has 11 N–H and O–H groups in total. The number of aliphatic hydroxyl groups excluding tert-OH is 2. The van der Waals surface area contributed by atoms with Crippen LogP contribution >= 0.6 is 36.1 Å². The third kappa shape index (κ3) is 11.4. The Morgan fingerprint density at radius 3 is 2.42 bits per heavy atom. The molecule has 0 aromatic heterocycles. The van der Waals surface area contributed by atoms with E-state index in [9.17, 15) is 63.0 Å². The van der Waals surface area contributed by atoms with Crippen LogP contribution < -0.4 is 16.4 Å². The lowest BCUT2D eigenvalue weighted by atomic mass is 9.87. The summed E-state index contributed by atoms with van der Waals surface area (Å²) in [4.78, 5) is 91.2. The zero-order valence-corrected chi connectivity index (χ0v) is 33.6. The third-order valence-electron chi connectivity index (χ3n) is 8.43. The van der Waals surface area contributed by atoms with Crippen molar-refractivity contribution in [1.29, 1.82) is 0 Å². The molecule has 29 heteroatoms. The van der Waals surface area contributed by atoms with Gasteiger partial charge in [-0.3, -0.25) is 32.9 Å². The molecule has 318 valence electrons. The number of aliphatic imine (C=N–C) groups is 3. The molecule has 8 atom stereocenters. The van der Waals surface area contributed by atoms with Gasteiger partial charge in [0, 0.05) is 30.7 Å². The number of nitrogens with one attached hydrogen (secondary N) is 2. The van der Waals surface area contributed by atoms with E-state index in [1.807, 2.05) is 0 Å². The van der Waals surface area contributed by atoms with E-state index in [0.29, 0.717) is 12.3 Å². The van der Waals surface area contributed by atoms with Crippen LogP contribution in [-0.2, 0) is 45.9 Å². The molecule has 0 bridgehead atoms. The lowest BCUT2D eigenvalue weighted by molar-refractivity contribution is -0.137. The van der Waals surface area contributed by atoms with Crippen molar-refractivity contribution in [3.8, 4) is 5.75 Å². The van der Waals surface area contributed by atoms with Crippen LogP contribution in [0.5, 0.6) is 5.75 Å². The maximum atomic E-state index is 14.1. The quantitative estimate of drug-likeness (QED) is 0.0388. The van der Waals surface area contributed by atoms with E-state index < -0.39 is 108 Å². The summed E-state index contributed by atoms with van der Waals surface area (Å²) in [6.07, 6.45) is -9.05. The van der Waals surface area contributed by atoms with Gasteiger partial charge in [0.25, 0.3) is 0 Å². The minimum atomic E-state index is -5.68. The van der Waals surface area contributed by atoms with Gasteiger partial charge in [-0.05, 0) is 12.1 Å². The molecule has 3 aliphatic rings. The topological polar surface area (TPSA) is 381 Å². The van der Waals surface area contributed by atoms with Crippen LogP contribution in [0.1, 0.15) is 30.6 Å². The molecular formula is C28H42N7O18P3S. The van der Waals surface area contributed by atoms with Crippen molar-refractivity contribution in [3.05, 3.63) is 29.8 Å². The zero-order chi connectivity index (χ0) is 42.6. The Morgan fingerprint density at radius 1 is 1.11 bits per heavy atom. The number of hydrogen-bond acceptors (Lipinski definition) is 20. The molecule has 1 fully saturated rings. The van der Waals surface area contributed by atoms with E-state index in [1.54, 1.807) is 0 Å². The normalized spacial score (nSPS) is 26.4. The number of hydrogen-bond donors (Lipinski definition) is 11. The van der Waals surface area contributed by atoms with Gasteiger partial charge < -0.3 is 56.0 Å². The van der Waals surface area contributed by atoms with Crippen molar-refractivity contribution in [2.45, 2.75) is 56.6 Å². The molecule has 0 radical (unpaired) electrons. The number of phenols is 1. The molecule has 1 aromatic carbocycles. The van der Waals surface area contributed by atoms with Crippen LogP contribution in [-0.4, -0.2) is 150 Å². The lowest BCUT2D eigenvalue weighted by Crippen LogP contribution is -2.64. The Bertz CT molecular complexity index is 1930. The second kappa shape index (κ2) is 18.5. The fourth-order valence-electron chi connectivity index (χ4n) is 5.65. The summed E-state index contributed by atoms with van der Waals surface area (Å²) >= 11 is 3.95. The summed E-state index contributed by atoms with van der Waals surface area (Å²) < 4.78 is 61.8. The van der Waals surface area contributed by atoms with Crippen LogP contribution in [0.3, 0.4) is 0 Å². The summed E-state index contributed by atoms with van der Waals surface area (Å²) in [5.41, 5.74) is 1.58. The van der Waals surface area contributed by atoms with Gasteiger partial charge in [0.1, 0.15) is 48.4 Å². The smallest absolute Gasteiger partial charge is 0.481 e. The van der Waals surface area contributed by atoms with E-state index in [2.05, 4.69) is 42.6 Å². The number of amidine groups is 1. The molecular weight excluding hydrogens is 847 g/mol. The standard InChI is InChI=1S/C28H42N7O18P3S/c1-27(2,23(40)25(41)31-8-7-18(37)30-9-10-57)12-50-56(47,48)53-55(45,46)49-11-17-20(52-54(42,43)44)19(38)26(51-17)35-14-33-21-24(29)32-13-34-28(21,35)22(39)15-5-3-4-6-16(15)36/h3-6,13,17,19-20,23,26,36,38,40,57H,7-12,14H2,1-2H3,(H,30,37)(H,31,41)(H,45,46)(H,47,48)(H2,29,32,34)(H2,42,43,44)/t17-,19-,20-,23?,26-,28?/m1/s1. The second-order valence-electron chi connectivity index (χ2n) is 13.1. The molecule has 0 saturated carbocycles. The van der Waals surface area contributed by atoms with Crippen molar-refractivity contribution in [2.24, 2.45) is 26.1 Å². The monoisotopic (exact) mass is 889 g/mol. The number of rotatable bonds is 20. The largest absolute Gasteiger partial charge is 0.507 e. The second-order valence-corrected chi connectivity index (χ2v) is 17.8. The maximum absolute atomic E-state index is 14.1. The fraction of sp³-hybridized carbons (Fsp3) is 0.571. The molecule has 0 aliphatic carbocycles. The molecule has 57 heavy (non-hydrogen) atoms. The summed E-state index contributed by atoms with van der Waals surface area (Å²) in [5, 5.41) is 37.1. The molecule has 3 heterocycles. The first-order chi connectivity index (χ1) is 26.4. The van der Waals surface area contributed by atoms with Crippen LogP contribution in [0.2, 0.25) is 0 Å². The maximum Gasteiger partial charge on any atom is 0.481 e. The van der Waals surface area contributed by atoms with Crippen molar-refractivity contribution in [1.82, 2.24) is 15.5 Å². The highest BCUT2D eigenvalue weighted by molar-refractivity contribution is 7.80. The van der Waals surface area contributed by atoms with E-state index in [4.69, 9.17) is 24.0 Å². The Balaban J connectivity index is 1.45. The number of aromatic hydroxyl groups is 1. The number of phosphoric acid groups is 3. The Labute approximate surface area is 329 Å². The highest BCUT2D eigenvalue weighted by atomic mass is 32.1. The van der Waals surface area contributed by atoms with Gasteiger partial charge >= 0.3 is 23.5 Å². The van der Waals surface area contributed by atoms with E-state index in [0.717, 1.165) is 11.2 Å². The van der Waals surface area contributed by atoms with Crippen LogP contribution in [0.25, 0.3) is 0 Å². The fourth-order valence-corrected chi connectivity index (χ4v) is 8.59. The number of amides is 2. The minimum Gasteiger partial charge on any atom is -0.507 e. The lowest BCUT2D eigenvalue weighted by Gasteiger charge is -2.39. The van der Waals surface area contributed by atoms with Crippen LogP contribution in [0.15, 0.2) is 39.2 Å². The zero-order valence-electron chi connectivity index (χ0n) is 30.0. The van der Waals surface area contributed by atoms with E-state index in [1.165, 1.54) is 38.1 Å². The average molecular weight is 890 g/mol. The minimum absolute atomic E-state index is 0.126. The van der Waals surface area contributed by atoms with Gasteiger partial charge in [-0.25, -0.2) is 28.6 Å². The van der Waals surface area contributed by atoms with Gasteiger partial charge in [-0.15, -0.1) is 0 Å². The summed E-state index contributed by atoms with van der Waals surface area (Å²) in [6.45, 7) is -0.0750. The van der Waals surface area contributed by atoms with Crippen molar-refractivity contribution in [3.63, 3.8) is 0 Å². The van der Waals surface area contributed by atoms with Crippen molar-refractivity contribution < 1.29 is 85.6 Å². The summed E-state index contributed by atoms with van der Waals surface area (Å²) in [6, 6.07) is 5.31. The number of fused-ring (bicyclic) bond motifs is 1. The first-order valence-electron chi connectivity index (χ1n) is 16.5. The molecule has 4 unspecified atom stereocenters. The predicted molar refractivity (Wildman–Crippen MR) is 198 cm³/mol. The van der Waals surface area contributed by atoms with E-state index in [-0.39, 0.29) is 30.1 Å². The van der Waals surface area contributed by atoms with Gasteiger partial charge in [-0.1, -0.05) is 26.0 Å². The van der Waals surface area contributed by atoms with E-state index >= 15 is 0 Å². The van der Waals surface area contributed by atoms with Crippen LogP contribution in [0.4, 0.5) is 0 Å². The number of Topliss-reactive ketones (excluding diaryl/α,β-unsaturated/α-hetero) is 1. The molecule has 1 aromatic rings. The number of ether oxygens (including phenoxy) is 1. The summed E-state index contributed by atoms with van der Waals surface area (Å²) in [5.74, 6) is -2.69. The van der Waals surface area contributed by atoms with Crippen LogP contribution in [0, 0.1) is 5.41 Å². The van der Waals surface area contributed by atoms with Crippen molar-refractivity contribution in [2.75, 3.05) is 38.7 Å². The average Bonchev–Trinajstić information content (AvgIpc) is 3.65. The number of phosphoric ester groups is 3. The molecule has 4 rings (SSSR count). The highest BCUT2D eigenvalue weighted by Gasteiger charge is 2.62. The number of nitrogens with zero attached hydrogens (tertiary/aromatic N) is 4. The number of para-hydroxylation sites is 1. The molecule has 25 nitrogen and oxygen atoms in total.